The number of amides is 2. The van der Waals surface area contributed by atoms with Gasteiger partial charge in [0.1, 0.15) is 0 Å². The molecule has 102 valence electrons. The highest BCUT2D eigenvalue weighted by molar-refractivity contribution is 6.05. The predicted octanol–water partition coefficient (Wildman–Crippen LogP) is 1.69. The predicted molar refractivity (Wildman–Crippen MR) is 70.0 cm³/mol. The average molecular weight is 252 g/mol. The van der Waals surface area contributed by atoms with E-state index in [2.05, 4.69) is 19.2 Å². The van der Waals surface area contributed by atoms with Gasteiger partial charge in [-0.3, -0.25) is 14.5 Å². The molecule has 1 aliphatic carbocycles. The third-order valence-electron chi connectivity index (χ3n) is 4.10. The van der Waals surface area contributed by atoms with Crippen molar-refractivity contribution >= 4 is 11.8 Å². The molecule has 18 heavy (non-hydrogen) atoms. The van der Waals surface area contributed by atoms with Gasteiger partial charge in [0.2, 0.25) is 11.8 Å². The van der Waals surface area contributed by atoms with E-state index in [-0.39, 0.29) is 17.9 Å². The van der Waals surface area contributed by atoms with E-state index >= 15 is 0 Å². The van der Waals surface area contributed by atoms with E-state index in [4.69, 9.17) is 0 Å². The molecule has 1 heterocycles. The van der Waals surface area contributed by atoms with Crippen LogP contribution in [0.3, 0.4) is 0 Å². The van der Waals surface area contributed by atoms with Crippen LogP contribution in [0.1, 0.15) is 52.9 Å². The smallest absolute Gasteiger partial charge is 0.246 e. The van der Waals surface area contributed by atoms with E-state index in [1.54, 1.807) is 0 Å². The van der Waals surface area contributed by atoms with Crippen molar-refractivity contribution < 1.29 is 9.59 Å². The van der Waals surface area contributed by atoms with Crippen LogP contribution in [-0.2, 0) is 9.59 Å². The fraction of sp³-hybridized carbons (Fsp3) is 0.857. The largest absolute Gasteiger partial charge is 0.303 e. The molecule has 4 heteroatoms. The normalized spacial score (nSPS) is 31.4. The first-order valence-corrected chi connectivity index (χ1v) is 7.03. The van der Waals surface area contributed by atoms with Gasteiger partial charge in [0, 0.05) is 12.6 Å². The Bertz CT molecular complexity index is 352. The molecule has 4 nitrogen and oxygen atoms in total. The number of nitrogens with zero attached hydrogens (tertiary/aromatic N) is 1. The molecule has 2 atom stereocenters. The number of nitrogens with one attached hydrogen (secondary N) is 1. The molecule has 1 N–H and O–H groups in total. The lowest BCUT2D eigenvalue weighted by Gasteiger charge is -2.20. The number of rotatable bonds is 4. The molecule has 2 unspecified atom stereocenters. The summed E-state index contributed by atoms with van der Waals surface area (Å²) in [4.78, 5) is 25.3. The standard InChI is InChI=1S/C14H24N2O2/c1-4-7-16-12(17)8-11(13(16)18)15-10-5-6-14(2,3)9-10/h10-11,15H,4-9H2,1-3H3. The summed E-state index contributed by atoms with van der Waals surface area (Å²) in [7, 11) is 0. The van der Waals surface area contributed by atoms with Crippen LogP contribution in [0.4, 0.5) is 0 Å². The summed E-state index contributed by atoms with van der Waals surface area (Å²) in [5.41, 5.74) is 0.367. The zero-order valence-electron chi connectivity index (χ0n) is 11.7. The molecular weight excluding hydrogens is 228 g/mol. The molecule has 1 saturated carbocycles. The molecule has 2 aliphatic rings. The molecule has 0 bridgehead atoms. The van der Waals surface area contributed by atoms with Crippen molar-refractivity contribution in [2.24, 2.45) is 5.41 Å². The van der Waals surface area contributed by atoms with Crippen LogP contribution in [0.25, 0.3) is 0 Å². The van der Waals surface area contributed by atoms with Crippen molar-refractivity contribution in [3.8, 4) is 0 Å². The fourth-order valence-electron chi connectivity index (χ4n) is 3.13. The first-order valence-electron chi connectivity index (χ1n) is 7.03. The van der Waals surface area contributed by atoms with Gasteiger partial charge in [0.15, 0.2) is 0 Å². The summed E-state index contributed by atoms with van der Waals surface area (Å²) >= 11 is 0. The summed E-state index contributed by atoms with van der Waals surface area (Å²) in [6.45, 7) is 7.08. The Kier molecular flexibility index (Phi) is 3.76. The second-order valence-corrected chi connectivity index (χ2v) is 6.41. The Morgan fingerprint density at radius 2 is 2.11 bits per heavy atom. The van der Waals surface area contributed by atoms with E-state index < -0.39 is 0 Å². The molecule has 2 fully saturated rings. The third-order valence-corrected chi connectivity index (χ3v) is 4.10. The molecule has 1 saturated heterocycles. The zero-order valence-corrected chi connectivity index (χ0v) is 11.7. The topological polar surface area (TPSA) is 49.4 Å². The lowest BCUT2D eigenvalue weighted by atomic mass is 9.92. The number of hydrogen-bond acceptors (Lipinski definition) is 3. The van der Waals surface area contributed by atoms with Gasteiger partial charge in [0.25, 0.3) is 0 Å². The van der Waals surface area contributed by atoms with Gasteiger partial charge >= 0.3 is 0 Å². The minimum Gasteiger partial charge on any atom is -0.303 e. The maximum Gasteiger partial charge on any atom is 0.246 e. The Morgan fingerprint density at radius 3 is 2.67 bits per heavy atom. The Labute approximate surface area is 109 Å². The van der Waals surface area contributed by atoms with Crippen LogP contribution >= 0.6 is 0 Å². The highest BCUT2D eigenvalue weighted by atomic mass is 16.2. The lowest BCUT2D eigenvalue weighted by Crippen LogP contribution is -2.43. The summed E-state index contributed by atoms with van der Waals surface area (Å²) in [6, 6.07) is 0.117. The quantitative estimate of drug-likeness (QED) is 0.775. The van der Waals surface area contributed by atoms with Gasteiger partial charge < -0.3 is 5.32 Å². The lowest BCUT2D eigenvalue weighted by molar-refractivity contribution is -0.138. The Hall–Kier alpha value is -0.900. The van der Waals surface area contributed by atoms with Crippen molar-refractivity contribution in [1.29, 1.82) is 0 Å². The highest BCUT2D eigenvalue weighted by Gasteiger charge is 2.40. The van der Waals surface area contributed by atoms with Crippen molar-refractivity contribution in [3.63, 3.8) is 0 Å². The highest BCUT2D eigenvalue weighted by Crippen LogP contribution is 2.37. The van der Waals surface area contributed by atoms with Crippen molar-refractivity contribution in [1.82, 2.24) is 10.2 Å². The van der Waals surface area contributed by atoms with Gasteiger partial charge in [-0.25, -0.2) is 0 Å². The molecule has 0 spiro atoms. The molecule has 0 aromatic carbocycles. The maximum absolute atomic E-state index is 12.1. The van der Waals surface area contributed by atoms with E-state index in [0.717, 1.165) is 19.3 Å². The molecule has 0 radical (unpaired) electrons. The minimum absolute atomic E-state index is 0.0170. The maximum atomic E-state index is 12.1. The van der Waals surface area contributed by atoms with Gasteiger partial charge in [0.05, 0.1) is 12.5 Å². The van der Waals surface area contributed by atoms with Gasteiger partial charge in [-0.05, 0) is 31.1 Å². The van der Waals surface area contributed by atoms with Gasteiger partial charge in [-0.1, -0.05) is 20.8 Å². The SMILES string of the molecule is CCCN1C(=O)CC(NC2CCC(C)(C)C2)C1=O. The molecule has 1 aliphatic heterocycles. The number of carbonyl (C=O) groups excluding carboxylic acids is 2. The van der Waals surface area contributed by atoms with E-state index in [1.807, 2.05) is 6.92 Å². The van der Waals surface area contributed by atoms with Crippen LogP contribution in [-0.4, -0.2) is 35.3 Å². The summed E-state index contributed by atoms with van der Waals surface area (Å²) in [5.74, 6) is -0.0387. The summed E-state index contributed by atoms with van der Waals surface area (Å²) in [6.07, 6.45) is 4.58. The van der Waals surface area contributed by atoms with Crippen LogP contribution in [0.5, 0.6) is 0 Å². The second kappa shape index (κ2) is 5.00. The van der Waals surface area contributed by atoms with Crippen molar-refractivity contribution in [2.45, 2.75) is 65.0 Å². The van der Waals surface area contributed by atoms with Crippen LogP contribution in [0.15, 0.2) is 0 Å². The first kappa shape index (κ1) is 13.5. The summed E-state index contributed by atoms with van der Waals surface area (Å²) in [5, 5.41) is 3.39. The molecule has 2 amide bonds. The van der Waals surface area contributed by atoms with E-state index in [0.29, 0.717) is 24.4 Å². The van der Waals surface area contributed by atoms with Crippen molar-refractivity contribution in [3.05, 3.63) is 0 Å². The number of hydrogen-bond donors (Lipinski definition) is 1. The molecule has 0 aromatic rings. The first-order chi connectivity index (χ1) is 8.43. The fourth-order valence-corrected chi connectivity index (χ4v) is 3.13. The monoisotopic (exact) mass is 252 g/mol. The van der Waals surface area contributed by atoms with Gasteiger partial charge in [-0.2, -0.15) is 0 Å². The van der Waals surface area contributed by atoms with Gasteiger partial charge in [-0.15, -0.1) is 0 Å². The zero-order chi connectivity index (χ0) is 13.3. The molecule has 2 rings (SSSR count). The second-order valence-electron chi connectivity index (χ2n) is 6.41. The van der Waals surface area contributed by atoms with Crippen molar-refractivity contribution in [2.75, 3.05) is 6.54 Å². The van der Waals surface area contributed by atoms with Crippen LogP contribution in [0, 0.1) is 5.41 Å². The van der Waals surface area contributed by atoms with Crippen LogP contribution in [0.2, 0.25) is 0 Å². The molecule has 0 aromatic heterocycles. The van der Waals surface area contributed by atoms with Crippen LogP contribution < -0.4 is 5.32 Å². The average Bonchev–Trinajstić information content (AvgIpc) is 2.74. The Morgan fingerprint density at radius 1 is 1.39 bits per heavy atom. The third kappa shape index (κ3) is 2.74. The number of carbonyl (C=O) groups is 2. The number of imide groups is 1. The molecular formula is C14H24N2O2. The van der Waals surface area contributed by atoms with E-state index in [9.17, 15) is 9.59 Å². The summed E-state index contributed by atoms with van der Waals surface area (Å²) < 4.78 is 0. The number of likely N-dealkylation sites (tertiary alicyclic amines) is 1. The minimum atomic E-state index is -0.275. The van der Waals surface area contributed by atoms with E-state index in [1.165, 1.54) is 11.3 Å². The Balaban J connectivity index is 1.92.